The van der Waals surface area contributed by atoms with E-state index >= 15 is 0 Å². The first-order valence-corrected chi connectivity index (χ1v) is 10.7. The van der Waals surface area contributed by atoms with Crippen molar-refractivity contribution in [2.45, 2.75) is 31.1 Å². The van der Waals surface area contributed by atoms with Crippen molar-refractivity contribution in [1.82, 2.24) is 8.96 Å². The summed E-state index contributed by atoms with van der Waals surface area (Å²) in [6.45, 7) is 1.74. The first kappa shape index (κ1) is 20.6. The van der Waals surface area contributed by atoms with E-state index < -0.39 is 10.0 Å². The fraction of sp³-hybridized carbons (Fsp3) is 0.263. The lowest BCUT2D eigenvalue weighted by atomic mass is 10.2. The van der Waals surface area contributed by atoms with Gasteiger partial charge >= 0.3 is 5.97 Å². The van der Waals surface area contributed by atoms with Gasteiger partial charge in [-0.2, -0.15) is 0 Å². The Labute approximate surface area is 173 Å². The molecule has 0 spiro atoms. The predicted octanol–water partition coefficient (Wildman–Crippen LogP) is 4.38. The van der Waals surface area contributed by atoms with Crippen molar-refractivity contribution in [1.29, 1.82) is 0 Å². The second-order valence-electron chi connectivity index (χ2n) is 6.28. The maximum atomic E-state index is 13.4. The average molecular weight is 441 g/mol. The van der Waals surface area contributed by atoms with E-state index in [0.717, 1.165) is 0 Å². The lowest BCUT2D eigenvalue weighted by Gasteiger charge is -2.13. The van der Waals surface area contributed by atoms with Gasteiger partial charge in [-0.25, -0.2) is 17.4 Å². The Hall–Kier alpha value is -2.09. The second kappa shape index (κ2) is 8.11. The van der Waals surface area contributed by atoms with Crippen LogP contribution in [0.5, 0.6) is 0 Å². The molecule has 0 saturated heterocycles. The van der Waals surface area contributed by atoms with Crippen molar-refractivity contribution in [3.63, 3.8) is 0 Å². The largest absolute Gasteiger partial charge is 0.469 e. The molecule has 0 aliphatic heterocycles. The molecule has 148 valence electrons. The quantitative estimate of drug-likeness (QED) is 0.419. The SMILES string of the molecule is COC(=O)CCCc1cc2nc(Cl)ccc2n1S(=O)(=O)c1ccc(Cl)c(C)c1. The minimum absolute atomic E-state index is 0.121. The van der Waals surface area contributed by atoms with Crippen LogP contribution in [0.1, 0.15) is 24.1 Å². The summed E-state index contributed by atoms with van der Waals surface area (Å²) in [5.74, 6) is -0.347. The van der Waals surface area contributed by atoms with Gasteiger partial charge in [0.1, 0.15) is 5.15 Å². The van der Waals surface area contributed by atoms with Crippen molar-refractivity contribution in [2.24, 2.45) is 0 Å². The van der Waals surface area contributed by atoms with Crippen LogP contribution >= 0.6 is 23.2 Å². The van der Waals surface area contributed by atoms with E-state index in [0.29, 0.717) is 40.2 Å². The Balaban J connectivity index is 2.12. The molecule has 0 N–H and O–H groups in total. The molecule has 0 aliphatic rings. The van der Waals surface area contributed by atoms with E-state index in [9.17, 15) is 13.2 Å². The Kier molecular flexibility index (Phi) is 5.98. The molecular formula is C19H18Cl2N2O4S. The topological polar surface area (TPSA) is 78.3 Å². The van der Waals surface area contributed by atoms with Crippen molar-refractivity contribution < 1.29 is 17.9 Å². The van der Waals surface area contributed by atoms with Gasteiger partial charge in [-0.1, -0.05) is 23.2 Å². The molecule has 3 aromatic rings. The Morgan fingerprint density at radius 2 is 1.93 bits per heavy atom. The summed E-state index contributed by atoms with van der Waals surface area (Å²) in [6.07, 6.45) is 0.979. The molecule has 1 aromatic carbocycles. The molecule has 0 amide bonds. The van der Waals surface area contributed by atoms with Gasteiger partial charge in [0.2, 0.25) is 0 Å². The Bertz CT molecular complexity index is 1160. The number of ether oxygens (including phenoxy) is 1. The molecule has 2 aromatic heterocycles. The van der Waals surface area contributed by atoms with Crippen LogP contribution in [0.2, 0.25) is 10.2 Å². The van der Waals surface area contributed by atoms with E-state index in [1.807, 2.05) is 0 Å². The number of carbonyl (C=O) groups excluding carboxylic acids is 1. The minimum Gasteiger partial charge on any atom is -0.469 e. The number of benzene rings is 1. The number of esters is 1. The average Bonchev–Trinajstić information content (AvgIpc) is 3.01. The summed E-state index contributed by atoms with van der Waals surface area (Å²) >= 11 is 12.0. The molecule has 0 unspecified atom stereocenters. The molecule has 0 radical (unpaired) electrons. The highest BCUT2D eigenvalue weighted by molar-refractivity contribution is 7.90. The number of aryl methyl sites for hydroxylation is 2. The first-order chi connectivity index (χ1) is 13.2. The number of halogens is 2. The maximum Gasteiger partial charge on any atom is 0.305 e. The molecule has 28 heavy (non-hydrogen) atoms. The highest BCUT2D eigenvalue weighted by Gasteiger charge is 2.24. The molecule has 0 saturated carbocycles. The summed E-state index contributed by atoms with van der Waals surface area (Å²) in [6, 6.07) is 9.40. The molecule has 6 nitrogen and oxygen atoms in total. The number of rotatable bonds is 6. The number of hydrogen-bond acceptors (Lipinski definition) is 5. The standard InChI is InChI=1S/C19H18Cl2N2O4S/c1-12-10-14(6-7-15(12)20)28(25,26)23-13(4-3-5-19(24)27-2)11-16-17(23)8-9-18(21)22-16/h6-11H,3-5H2,1-2H3. The van der Waals surface area contributed by atoms with Crippen LogP contribution < -0.4 is 0 Å². The fourth-order valence-electron chi connectivity index (χ4n) is 2.95. The summed E-state index contributed by atoms with van der Waals surface area (Å²) in [5, 5.41) is 0.758. The second-order valence-corrected chi connectivity index (χ2v) is 8.87. The number of fused-ring (bicyclic) bond motifs is 1. The molecule has 0 atom stereocenters. The van der Waals surface area contributed by atoms with E-state index in [4.69, 9.17) is 23.2 Å². The monoisotopic (exact) mass is 440 g/mol. The third-order valence-corrected chi connectivity index (χ3v) is 6.76. The van der Waals surface area contributed by atoms with E-state index in [1.165, 1.54) is 23.2 Å². The number of aromatic nitrogens is 2. The molecule has 9 heteroatoms. The summed E-state index contributed by atoms with van der Waals surface area (Å²) < 4.78 is 32.7. The van der Waals surface area contributed by atoms with Crippen molar-refractivity contribution in [2.75, 3.05) is 7.11 Å². The number of pyridine rings is 1. The van der Waals surface area contributed by atoms with Crippen molar-refractivity contribution >= 4 is 50.2 Å². The summed E-state index contributed by atoms with van der Waals surface area (Å²) in [7, 11) is -2.58. The third kappa shape index (κ3) is 4.01. The van der Waals surface area contributed by atoms with Gasteiger partial charge in [-0.05, 0) is 61.7 Å². The van der Waals surface area contributed by atoms with Crippen LogP contribution in [0, 0.1) is 6.92 Å². The van der Waals surface area contributed by atoms with Gasteiger partial charge in [0, 0.05) is 17.1 Å². The number of hydrogen-bond donors (Lipinski definition) is 0. The van der Waals surface area contributed by atoms with Gasteiger partial charge in [0.05, 0.1) is 23.0 Å². The van der Waals surface area contributed by atoms with Gasteiger partial charge < -0.3 is 4.74 Å². The lowest BCUT2D eigenvalue weighted by molar-refractivity contribution is -0.140. The highest BCUT2D eigenvalue weighted by atomic mass is 35.5. The Morgan fingerprint density at radius 3 is 2.61 bits per heavy atom. The summed E-state index contributed by atoms with van der Waals surface area (Å²) in [5.41, 5.74) is 2.06. The summed E-state index contributed by atoms with van der Waals surface area (Å²) in [4.78, 5) is 15.7. The zero-order valence-electron chi connectivity index (χ0n) is 15.3. The first-order valence-electron chi connectivity index (χ1n) is 8.49. The van der Waals surface area contributed by atoms with E-state index in [1.54, 1.807) is 31.2 Å². The maximum absolute atomic E-state index is 13.4. The van der Waals surface area contributed by atoms with Crippen LogP contribution in [-0.2, 0) is 26.0 Å². The van der Waals surface area contributed by atoms with Crippen LogP contribution in [-0.4, -0.2) is 30.5 Å². The zero-order valence-corrected chi connectivity index (χ0v) is 17.6. The van der Waals surface area contributed by atoms with Crippen molar-refractivity contribution in [3.05, 3.63) is 57.8 Å². The van der Waals surface area contributed by atoms with Crippen LogP contribution in [0.25, 0.3) is 11.0 Å². The number of methoxy groups -OCH3 is 1. The minimum atomic E-state index is -3.90. The fourth-order valence-corrected chi connectivity index (χ4v) is 4.86. The molecule has 0 fully saturated rings. The van der Waals surface area contributed by atoms with Crippen LogP contribution in [0.4, 0.5) is 0 Å². The molecule has 0 bridgehead atoms. The van der Waals surface area contributed by atoms with E-state index in [2.05, 4.69) is 9.72 Å². The smallest absolute Gasteiger partial charge is 0.305 e. The van der Waals surface area contributed by atoms with Crippen LogP contribution in [0.3, 0.4) is 0 Å². The van der Waals surface area contributed by atoms with Gasteiger partial charge in [0.25, 0.3) is 10.0 Å². The van der Waals surface area contributed by atoms with Gasteiger partial charge in [0.15, 0.2) is 0 Å². The normalized spacial score (nSPS) is 11.7. The zero-order chi connectivity index (χ0) is 20.5. The van der Waals surface area contributed by atoms with Gasteiger partial charge in [-0.3, -0.25) is 4.79 Å². The van der Waals surface area contributed by atoms with Crippen molar-refractivity contribution in [3.8, 4) is 0 Å². The highest BCUT2D eigenvalue weighted by Crippen LogP contribution is 2.28. The van der Waals surface area contributed by atoms with Crippen LogP contribution in [0.15, 0.2) is 41.3 Å². The van der Waals surface area contributed by atoms with E-state index in [-0.39, 0.29) is 22.4 Å². The lowest BCUT2D eigenvalue weighted by Crippen LogP contribution is -2.16. The number of nitrogens with zero attached hydrogens (tertiary/aromatic N) is 2. The third-order valence-electron chi connectivity index (χ3n) is 4.36. The molecular weight excluding hydrogens is 423 g/mol. The molecule has 3 rings (SSSR count). The predicted molar refractivity (Wildman–Crippen MR) is 108 cm³/mol. The van der Waals surface area contributed by atoms with Gasteiger partial charge in [-0.15, -0.1) is 0 Å². The Morgan fingerprint density at radius 1 is 1.18 bits per heavy atom. The molecule has 0 aliphatic carbocycles. The molecule has 2 heterocycles. The number of carbonyl (C=O) groups is 1.